The molecule has 1 amide bonds. The molecule has 0 atom stereocenters. The number of aromatic amines is 1. The van der Waals surface area contributed by atoms with Crippen LogP contribution >= 0.6 is 24.0 Å². The van der Waals surface area contributed by atoms with Crippen LogP contribution in [0.4, 0.5) is 0 Å². The molecule has 29 heavy (non-hydrogen) atoms. The van der Waals surface area contributed by atoms with Gasteiger partial charge in [0.2, 0.25) is 5.91 Å². The van der Waals surface area contributed by atoms with E-state index in [0.717, 1.165) is 51.3 Å². The van der Waals surface area contributed by atoms with Gasteiger partial charge in [0.05, 0.1) is 6.54 Å². The molecule has 8 heteroatoms. The molecule has 1 aliphatic rings. The number of carbonyl (C=O) groups excluding carboxylic acids is 1. The zero-order valence-electron chi connectivity index (χ0n) is 17.3. The number of amides is 1. The van der Waals surface area contributed by atoms with Crippen molar-refractivity contribution in [3.8, 4) is 0 Å². The van der Waals surface area contributed by atoms with E-state index in [1.54, 1.807) is 7.05 Å². The van der Waals surface area contributed by atoms with Gasteiger partial charge >= 0.3 is 0 Å². The Morgan fingerprint density at radius 3 is 2.76 bits per heavy atom. The second-order valence-electron chi connectivity index (χ2n) is 7.33. The minimum Gasteiger partial charge on any atom is -0.361 e. The van der Waals surface area contributed by atoms with Gasteiger partial charge in [0, 0.05) is 56.9 Å². The Hall–Kier alpha value is -1.81. The second-order valence-corrected chi connectivity index (χ2v) is 7.33. The lowest BCUT2D eigenvalue weighted by molar-refractivity contribution is -0.122. The van der Waals surface area contributed by atoms with Crippen LogP contribution in [0.3, 0.4) is 0 Å². The van der Waals surface area contributed by atoms with Crippen molar-refractivity contribution in [2.75, 3.05) is 40.3 Å². The van der Waals surface area contributed by atoms with Gasteiger partial charge in [-0.15, -0.1) is 24.0 Å². The number of aryl methyl sites for hydroxylation is 1. The monoisotopic (exact) mass is 512 g/mol. The van der Waals surface area contributed by atoms with Gasteiger partial charge < -0.3 is 20.9 Å². The van der Waals surface area contributed by atoms with Gasteiger partial charge in [0.25, 0.3) is 0 Å². The maximum atomic E-state index is 11.5. The fourth-order valence-electron chi connectivity index (χ4n) is 3.73. The molecule has 1 fully saturated rings. The number of fused-ring (bicyclic) bond motifs is 1. The minimum absolute atomic E-state index is 0. The van der Waals surface area contributed by atoms with Crippen LogP contribution in [0, 0.1) is 0 Å². The quantitative estimate of drug-likeness (QED) is 0.198. The number of guanidine groups is 1. The summed E-state index contributed by atoms with van der Waals surface area (Å²) in [5.41, 5.74) is 2.56. The first kappa shape index (κ1) is 23.5. The summed E-state index contributed by atoms with van der Waals surface area (Å²) < 4.78 is 0. The fourth-order valence-corrected chi connectivity index (χ4v) is 3.73. The van der Waals surface area contributed by atoms with Crippen molar-refractivity contribution >= 4 is 46.7 Å². The maximum absolute atomic E-state index is 11.5. The summed E-state index contributed by atoms with van der Waals surface area (Å²) in [5, 5.41) is 11.0. The molecular formula is C21H33IN6O. The van der Waals surface area contributed by atoms with E-state index in [9.17, 15) is 4.79 Å². The molecule has 4 N–H and O–H groups in total. The van der Waals surface area contributed by atoms with Gasteiger partial charge in [0.1, 0.15) is 0 Å². The largest absolute Gasteiger partial charge is 0.361 e. The lowest BCUT2D eigenvalue weighted by Gasteiger charge is -2.32. The topological polar surface area (TPSA) is 84.6 Å². The smallest absolute Gasteiger partial charge is 0.233 e. The highest BCUT2D eigenvalue weighted by molar-refractivity contribution is 14.0. The van der Waals surface area contributed by atoms with Crippen LogP contribution in [-0.4, -0.2) is 68.1 Å². The Balaban J connectivity index is 0.00000300. The van der Waals surface area contributed by atoms with Crippen LogP contribution in [0.2, 0.25) is 0 Å². The summed E-state index contributed by atoms with van der Waals surface area (Å²) >= 11 is 0. The third kappa shape index (κ3) is 6.88. The number of piperidine rings is 1. The number of aliphatic imine (C=N–C) groups is 1. The summed E-state index contributed by atoms with van der Waals surface area (Å²) in [7, 11) is 3.50. The number of hydrogen-bond acceptors (Lipinski definition) is 3. The van der Waals surface area contributed by atoms with Crippen molar-refractivity contribution in [3.63, 3.8) is 0 Å². The first-order chi connectivity index (χ1) is 13.7. The average molecular weight is 512 g/mol. The molecule has 160 valence electrons. The van der Waals surface area contributed by atoms with Crippen molar-refractivity contribution in [3.05, 3.63) is 36.0 Å². The molecular weight excluding hydrogens is 479 g/mol. The summed E-state index contributed by atoms with van der Waals surface area (Å²) in [6.45, 7) is 3.24. The Bertz CT molecular complexity index is 797. The summed E-state index contributed by atoms with van der Waals surface area (Å²) in [6, 6.07) is 8.83. The summed E-state index contributed by atoms with van der Waals surface area (Å²) in [5.74, 6) is 0.947. The Kier molecular flexibility index (Phi) is 9.72. The molecule has 0 bridgehead atoms. The number of benzene rings is 1. The highest BCUT2D eigenvalue weighted by Gasteiger charge is 2.21. The molecule has 0 aliphatic carbocycles. The van der Waals surface area contributed by atoms with E-state index in [1.807, 2.05) is 7.05 Å². The highest BCUT2D eigenvalue weighted by Crippen LogP contribution is 2.18. The van der Waals surface area contributed by atoms with E-state index in [4.69, 9.17) is 0 Å². The van der Waals surface area contributed by atoms with Gasteiger partial charge in [-0.05, 0) is 37.3 Å². The van der Waals surface area contributed by atoms with Gasteiger partial charge in [-0.3, -0.25) is 14.7 Å². The predicted molar refractivity (Wildman–Crippen MR) is 130 cm³/mol. The number of aromatic nitrogens is 1. The number of halogens is 1. The van der Waals surface area contributed by atoms with E-state index in [-0.39, 0.29) is 29.9 Å². The van der Waals surface area contributed by atoms with E-state index >= 15 is 0 Å². The Labute approximate surface area is 190 Å². The standard InChI is InChI=1S/C21H32N6O.HI/c1-22-20(28)15-27-12-9-17(10-13-27)26-21(23-2)24-11-5-6-16-14-25-19-8-4-3-7-18(16)19;/h3-4,7-8,14,17,25H,5-6,9-13,15H2,1-2H3,(H,22,28)(H2,23,24,26);1H. The summed E-state index contributed by atoms with van der Waals surface area (Å²) in [4.78, 5) is 21.4. The zero-order valence-corrected chi connectivity index (χ0v) is 19.7. The first-order valence-electron chi connectivity index (χ1n) is 10.1. The van der Waals surface area contributed by atoms with Crippen LogP contribution in [-0.2, 0) is 11.2 Å². The molecule has 0 spiro atoms. The molecule has 2 aromatic rings. The predicted octanol–water partition coefficient (Wildman–Crippen LogP) is 2.09. The van der Waals surface area contributed by atoms with Crippen LogP contribution < -0.4 is 16.0 Å². The first-order valence-corrected chi connectivity index (χ1v) is 10.1. The molecule has 1 aromatic carbocycles. The number of nitrogens with one attached hydrogen (secondary N) is 4. The molecule has 1 aliphatic heterocycles. The SMILES string of the molecule is CN=C(NCCCc1c[nH]c2ccccc12)NC1CCN(CC(=O)NC)CC1.I. The van der Waals surface area contributed by atoms with E-state index in [2.05, 4.69) is 61.3 Å². The number of hydrogen-bond donors (Lipinski definition) is 4. The van der Waals surface area contributed by atoms with Crippen molar-refractivity contribution in [2.24, 2.45) is 4.99 Å². The molecule has 2 heterocycles. The molecule has 0 unspecified atom stereocenters. The molecule has 1 aromatic heterocycles. The molecule has 0 radical (unpaired) electrons. The fraction of sp³-hybridized carbons (Fsp3) is 0.524. The lowest BCUT2D eigenvalue weighted by atomic mass is 10.1. The van der Waals surface area contributed by atoms with Crippen LogP contribution in [0.15, 0.2) is 35.5 Å². The number of nitrogens with zero attached hydrogens (tertiary/aromatic N) is 2. The van der Waals surface area contributed by atoms with Crippen molar-refractivity contribution in [1.82, 2.24) is 25.8 Å². The third-order valence-corrected chi connectivity index (χ3v) is 5.39. The zero-order chi connectivity index (χ0) is 19.8. The van der Waals surface area contributed by atoms with Gasteiger partial charge in [0.15, 0.2) is 5.96 Å². The number of likely N-dealkylation sites (N-methyl/N-ethyl adjacent to an activating group) is 1. The van der Waals surface area contributed by atoms with Crippen molar-refractivity contribution in [1.29, 1.82) is 0 Å². The molecule has 0 saturated carbocycles. The van der Waals surface area contributed by atoms with E-state index < -0.39 is 0 Å². The van der Waals surface area contributed by atoms with Crippen molar-refractivity contribution in [2.45, 2.75) is 31.7 Å². The van der Waals surface area contributed by atoms with Crippen LogP contribution in [0.5, 0.6) is 0 Å². The number of rotatable bonds is 7. The molecule has 1 saturated heterocycles. The molecule has 3 rings (SSSR count). The van der Waals surface area contributed by atoms with Crippen LogP contribution in [0.25, 0.3) is 10.9 Å². The van der Waals surface area contributed by atoms with Gasteiger partial charge in [-0.1, -0.05) is 18.2 Å². The normalized spacial score (nSPS) is 15.7. The van der Waals surface area contributed by atoms with Gasteiger partial charge in [-0.2, -0.15) is 0 Å². The Morgan fingerprint density at radius 1 is 1.28 bits per heavy atom. The van der Waals surface area contributed by atoms with Crippen LogP contribution in [0.1, 0.15) is 24.8 Å². The number of likely N-dealkylation sites (tertiary alicyclic amines) is 1. The minimum atomic E-state index is 0. The number of H-pyrrole nitrogens is 1. The summed E-state index contributed by atoms with van der Waals surface area (Å²) in [6.07, 6.45) is 6.24. The third-order valence-electron chi connectivity index (χ3n) is 5.39. The number of carbonyl (C=O) groups is 1. The van der Waals surface area contributed by atoms with Crippen molar-refractivity contribution < 1.29 is 4.79 Å². The van der Waals surface area contributed by atoms with E-state index in [1.165, 1.54) is 16.5 Å². The second kappa shape index (κ2) is 12.0. The maximum Gasteiger partial charge on any atom is 0.233 e. The molecule has 7 nitrogen and oxygen atoms in total. The Morgan fingerprint density at radius 2 is 2.03 bits per heavy atom. The lowest BCUT2D eigenvalue weighted by Crippen LogP contribution is -2.50. The average Bonchev–Trinajstić information content (AvgIpc) is 3.14. The van der Waals surface area contributed by atoms with Gasteiger partial charge in [-0.25, -0.2) is 0 Å². The highest BCUT2D eigenvalue weighted by atomic mass is 127. The number of para-hydroxylation sites is 1. The van der Waals surface area contributed by atoms with E-state index in [0.29, 0.717) is 12.6 Å².